The second kappa shape index (κ2) is 4.09. The molecule has 0 atom stereocenters. The Bertz CT molecular complexity index is 1200. The van der Waals surface area contributed by atoms with Crippen LogP contribution in [0, 0.1) is 0 Å². The lowest BCUT2D eigenvalue weighted by Gasteiger charge is -2.17. The number of ketones is 2. The molecule has 100 valence electrons. The number of carbonyl (C=O) groups is 2. The van der Waals surface area contributed by atoms with Crippen LogP contribution in [0.1, 0.15) is 41.4 Å². The van der Waals surface area contributed by atoms with Crippen molar-refractivity contribution in [2.45, 2.75) is 4.90 Å². The maximum Gasteiger partial charge on any atom is 0.294 e. The predicted molar refractivity (Wildman–Crippen MR) is 69.6 cm³/mol. The number of hydrogen-bond acceptors (Lipinski definition) is 4. The highest BCUT2D eigenvalue weighted by atomic mass is 32.2. The summed E-state index contributed by atoms with van der Waals surface area (Å²) in [5.41, 5.74) is -3.21. The molecule has 0 heterocycles. The van der Waals surface area contributed by atoms with Crippen molar-refractivity contribution >= 4 is 21.7 Å². The van der Waals surface area contributed by atoms with Crippen LogP contribution in [0.5, 0.6) is 0 Å². The van der Waals surface area contributed by atoms with Crippen molar-refractivity contribution in [1.82, 2.24) is 0 Å². The molecule has 5 nitrogen and oxygen atoms in total. The predicted octanol–water partition coefficient (Wildman–Crippen LogP) is 1.71. The monoisotopic (exact) mass is 295 g/mol. The normalized spacial score (nSPS) is 18.8. The molecule has 0 bridgehead atoms. The fourth-order valence-corrected chi connectivity index (χ4v) is 2.17. The Labute approximate surface area is 124 Å². The quantitative estimate of drug-likeness (QED) is 0.690. The van der Waals surface area contributed by atoms with Gasteiger partial charge in [-0.2, -0.15) is 8.42 Å². The third kappa shape index (κ3) is 1.77. The molecule has 0 saturated carbocycles. The van der Waals surface area contributed by atoms with Crippen LogP contribution in [0.2, 0.25) is 0 Å². The van der Waals surface area contributed by atoms with Crippen LogP contribution in [-0.2, 0) is 10.1 Å². The van der Waals surface area contributed by atoms with Gasteiger partial charge in [0.2, 0.25) is 0 Å². The standard InChI is InChI=1S/C14H8O5S/c15-13-9-3-1-2-4-10(9)14(16)12-7-8(20(17,18)19)5-6-11(12)13/h1-7H,(H,17,18,19)/i1D,2D,3D,4D,5D,6D,7D. The molecule has 1 N–H and O–H groups in total. The van der Waals surface area contributed by atoms with E-state index in [1.807, 2.05) is 0 Å². The summed E-state index contributed by atoms with van der Waals surface area (Å²) in [6, 6.07) is -6.70. The van der Waals surface area contributed by atoms with Crippen molar-refractivity contribution in [2.24, 2.45) is 0 Å². The Balaban J connectivity index is 2.57. The van der Waals surface area contributed by atoms with Gasteiger partial charge in [-0.15, -0.1) is 0 Å². The maximum atomic E-state index is 12.8. The van der Waals surface area contributed by atoms with E-state index in [2.05, 4.69) is 0 Å². The molecular formula is C14H8O5S. The van der Waals surface area contributed by atoms with Gasteiger partial charge in [-0.1, -0.05) is 24.2 Å². The van der Waals surface area contributed by atoms with Gasteiger partial charge in [0.15, 0.2) is 11.6 Å². The van der Waals surface area contributed by atoms with E-state index >= 15 is 0 Å². The van der Waals surface area contributed by atoms with Gasteiger partial charge in [-0.05, 0) is 18.1 Å². The topological polar surface area (TPSA) is 88.5 Å². The summed E-state index contributed by atoms with van der Waals surface area (Å²) >= 11 is 0. The first kappa shape index (κ1) is 6.92. The molecule has 1 aliphatic carbocycles. The van der Waals surface area contributed by atoms with Crippen molar-refractivity contribution in [3.63, 3.8) is 0 Å². The van der Waals surface area contributed by atoms with Crippen LogP contribution in [0.25, 0.3) is 0 Å². The molecule has 0 unspecified atom stereocenters. The summed E-state index contributed by atoms with van der Waals surface area (Å²) in [6.45, 7) is 0. The number of carbonyl (C=O) groups excluding carboxylic acids is 2. The lowest BCUT2D eigenvalue weighted by atomic mass is 9.84. The highest BCUT2D eigenvalue weighted by Gasteiger charge is 2.30. The van der Waals surface area contributed by atoms with Crippen molar-refractivity contribution in [2.75, 3.05) is 0 Å². The average molecular weight is 295 g/mol. The zero-order chi connectivity index (χ0) is 20.6. The minimum Gasteiger partial charge on any atom is -0.289 e. The van der Waals surface area contributed by atoms with Gasteiger partial charge in [-0.3, -0.25) is 14.1 Å². The Morgan fingerprint density at radius 2 is 1.35 bits per heavy atom. The van der Waals surface area contributed by atoms with Gasteiger partial charge >= 0.3 is 0 Å². The molecule has 0 aliphatic heterocycles. The zero-order valence-corrected chi connectivity index (χ0v) is 10.3. The molecule has 2 aromatic carbocycles. The number of benzene rings is 2. The zero-order valence-electron chi connectivity index (χ0n) is 16.5. The van der Waals surface area contributed by atoms with Gasteiger partial charge in [0.1, 0.15) is 0 Å². The average Bonchev–Trinajstić information content (AvgIpc) is 2.56. The summed E-state index contributed by atoms with van der Waals surface area (Å²) in [7, 11) is -5.18. The molecule has 3 rings (SSSR count). The fraction of sp³-hybridized carbons (Fsp3) is 0. The van der Waals surface area contributed by atoms with E-state index < -0.39 is 91.1 Å². The Hall–Kier alpha value is -2.31. The Kier molecular flexibility index (Phi) is 1.42. The molecule has 0 radical (unpaired) electrons. The van der Waals surface area contributed by atoms with Crippen molar-refractivity contribution in [3.8, 4) is 0 Å². The maximum absolute atomic E-state index is 12.8. The SMILES string of the molecule is [2H]c1c([2H])c([2H])c2c(c1[2H])C(=O)c1c([2H])c([2H])c(S(=O)(=O)O)c([2H])c1C2=O. The molecule has 0 aromatic heterocycles. The van der Waals surface area contributed by atoms with Crippen LogP contribution < -0.4 is 0 Å². The number of hydrogen-bond donors (Lipinski definition) is 1. The minimum atomic E-state index is -5.18. The van der Waals surface area contributed by atoms with Crippen LogP contribution in [0.4, 0.5) is 0 Å². The van der Waals surface area contributed by atoms with Gasteiger partial charge < -0.3 is 0 Å². The largest absolute Gasteiger partial charge is 0.294 e. The van der Waals surface area contributed by atoms with Crippen molar-refractivity contribution in [3.05, 3.63) is 64.6 Å². The van der Waals surface area contributed by atoms with E-state index in [-0.39, 0.29) is 0 Å². The lowest BCUT2D eigenvalue weighted by molar-refractivity contribution is 0.0979. The van der Waals surface area contributed by atoms with E-state index in [1.165, 1.54) is 0 Å². The summed E-state index contributed by atoms with van der Waals surface area (Å²) in [4.78, 5) is 24.3. The molecule has 6 heteroatoms. The molecule has 1 aliphatic rings. The molecule has 20 heavy (non-hydrogen) atoms. The van der Waals surface area contributed by atoms with Crippen LogP contribution in [-0.4, -0.2) is 24.5 Å². The fourth-order valence-electron chi connectivity index (χ4n) is 1.76. The molecule has 0 fully saturated rings. The van der Waals surface area contributed by atoms with E-state index in [4.69, 9.17) is 9.60 Å². The highest BCUT2D eigenvalue weighted by Crippen LogP contribution is 2.28. The highest BCUT2D eigenvalue weighted by molar-refractivity contribution is 7.85. The third-order valence-corrected chi connectivity index (χ3v) is 3.36. The van der Waals surface area contributed by atoms with E-state index in [1.54, 1.807) is 0 Å². The van der Waals surface area contributed by atoms with Gasteiger partial charge in [0.05, 0.1) is 14.5 Å². The third-order valence-electron chi connectivity index (χ3n) is 2.64. The Morgan fingerprint density at radius 3 is 1.90 bits per heavy atom. The summed E-state index contributed by atoms with van der Waals surface area (Å²) in [6.07, 6.45) is 0. The second-order valence-electron chi connectivity index (χ2n) is 3.84. The summed E-state index contributed by atoms with van der Waals surface area (Å²) in [5.74, 6) is -2.48. The number of fused-ring (bicyclic) bond motifs is 2. The van der Waals surface area contributed by atoms with Crippen LogP contribution in [0.3, 0.4) is 0 Å². The number of rotatable bonds is 1. The van der Waals surface area contributed by atoms with Crippen LogP contribution >= 0.6 is 0 Å². The first-order valence-corrected chi connectivity index (χ1v) is 6.57. The Morgan fingerprint density at radius 1 is 0.850 bits per heavy atom. The summed E-state index contributed by atoms with van der Waals surface area (Å²) in [5, 5.41) is 0. The van der Waals surface area contributed by atoms with Crippen molar-refractivity contribution < 1.29 is 32.2 Å². The lowest BCUT2D eigenvalue weighted by Crippen LogP contribution is -2.21. The molecule has 0 spiro atoms. The van der Waals surface area contributed by atoms with Gasteiger partial charge in [-0.25, -0.2) is 0 Å². The smallest absolute Gasteiger partial charge is 0.289 e. The van der Waals surface area contributed by atoms with E-state index in [0.29, 0.717) is 0 Å². The van der Waals surface area contributed by atoms with Crippen LogP contribution in [0.15, 0.2) is 47.2 Å². The summed E-state index contributed by atoms with van der Waals surface area (Å²) < 4.78 is 86.6. The molecule has 0 saturated heterocycles. The van der Waals surface area contributed by atoms with Gasteiger partial charge in [0, 0.05) is 22.3 Å². The van der Waals surface area contributed by atoms with E-state index in [9.17, 15) is 22.6 Å². The molecular weight excluding hydrogens is 280 g/mol. The molecule has 0 amide bonds. The first-order chi connectivity index (χ1) is 12.3. The second-order valence-corrected chi connectivity index (χ2v) is 5.20. The van der Waals surface area contributed by atoms with Gasteiger partial charge in [0.25, 0.3) is 10.1 Å². The first-order valence-electron chi connectivity index (χ1n) is 8.63. The molecule has 2 aromatic rings. The van der Waals surface area contributed by atoms with Crippen molar-refractivity contribution in [1.29, 1.82) is 0 Å². The minimum absolute atomic E-state index is 0.717. The van der Waals surface area contributed by atoms with E-state index in [0.717, 1.165) is 0 Å².